The predicted octanol–water partition coefficient (Wildman–Crippen LogP) is 0.641. The zero-order chi connectivity index (χ0) is 17.4. The first kappa shape index (κ1) is 16.8. The Kier molecular flexibility index (Phi) is 4.62. The van der Waals surface area contributed by atoms with Crippen molar-refractivity contribution in [3.63, 3.8) is 0 Å². The van der Waals surface area contributed by atoms with Gasteiger partial charge in [-0.2, -0.15) is 5.10 Å². The molecule has 2 aliphatic heterocycles. The molecule has 1 aliphatic carbocycles. The van der Waals surface area contributed by atoms with Crippen molar-refractivity contribution in [3.8, 4) is 0 Å². The van der Waals surface area contributed by atoms with E-state index in [1.54, 1.807) is 6.08 Å². The highest BCUT2D eigenvalue weighted by atomic mass is 16.5. The van der Waals surface area contributed by atoms with Gasteiger partial charge < -0.3 is 9.84 Å². The van der Waals surface area contributed by atoms with Crippen LogP contribution in [0.5, 0.6) is 0 Å². The minimum Gasteiger partial charge on any atom is -0.476 e. The Bertz CT molecular complexity index is 660. The molecule has 136 valence electrons. The van der Waals surface area contributed by atoms with Crippen LogP contribution in [-0.2, 0) is 24.1 Å². The average Bonchev–Trinajstić information content (AvgIpc) is 2.93. The van der Waals surface area contributed by atoms with Crippen LogP contribution in [0.2, 0.25) is 0 Å². The SMILES string of the molecule is C=CCn1nc(C(=O)O)c2c1CCC(N1CC(N3CCOCC3)C1)C2. The van der Waals surface area contributed by atoms with Gasteiger partial charge in [-0.3, -0.25) is 14.5 Å². The number of nitrogens with zero attached hydrogens (tertiary/aromatic N) is 4. The molecule has 1 aromatic heterocycles. The van der Waals surface area contributed by atoms with Crippen molar-refractivity contribution in [3.05, 3.63) is 29.6 Å². The maximum atomic E-state index is 11.6. The van der Waals surface area contributed by atoms with Gasteiger partial charge in [-0.1, -0.05) is 6.08 Å². The molecule has 0 amide bonds. The molecule has 0 radical (unpaired) electrons. The Morgan fingerprint density at radius 1 is 1.28 bits per heavy atom. The van der Waals surface area contributed by atoms with Crippen LogP contribution in [0.15, 0.2) is 12.7 Å². The van der Waals surface area contributed by atoms with Crippen molar-refractivity contribution >= 4 is 5.97 Å². The van der Waals surface area contributed by atoms with Gasteiger partial charge in [0.1, 0.15) is 0 Å². The van der Waals surface area contributed by atoms with E-state index in [-0.39, 0.29) is 5.69 Å². The third-order valence-electron chi connectivity index (χ3n) is 5.79. The summed E-state index contributed by atoms with van der Waals surface area (Å²) in [5.41, 5.74) is 2.24. The summed E-state index contributed by atoms with van der Waals surface area (Å²) < 4.78 is 7.25. The predicted molar refractivity (Wildman–Crippen MR) is 92.9 cm³/mol. The van der Waals surface area contributed by atoms with E-state index in [9.17, 15) is 9.90 Å². The molecule has 7 heteroatoms. The first-order valence-electron chi connectivity index (χ1n) is 9.16. The molecule has 2 saturated heterocycles. The van der Waals surface area contributed by atoms with Gasteiger partial charge in [-0.15, -0.1) is 6.58 Å². The third-order valence-corrected chi connectivity index (χ3v) is 5.79. The molecular weight excluding hydrogens is 320 g/mol. The standard InChI is InChI=1S/C18H26N4O3/c1-2-5-22-16-4-3-13(10-15(16)17(19-22)18(23)24)21-11-14(12-21)20-6-8-25-9-7-20/h2,13-14H,1,3-12H2,(H,23,24). The van der Waals surface area contributed by atoms with Crippen molar-refractivity contribution in [1.82, 2.24) is 19.6 Å². The number of allylic oxidation sites excluding steroid dienone is 1. The molecule has 3 aliphatic rings. The molecule has 7 nitrogen and oxygen atoms in total. The van der Waals surface area contributed by atoms with Crippen LogP contribution in [0.3, 0.4) is 0 Å². The fraction of sp³-hybridized carbons (Fsp3) is 0.667. The first-order chi connectivity index (χ1) is 12.2. The molecule has 0 saturated carbocycles. The summed E-state index contributed by atoms with van der Waals surface area (Å²) in [4.78, 5) is 16.6. The number of aromatic carboxylic acids is 1. The molecule has 4 rings (SSSR count). The topological polar surface area (TPSA) is 70.8 Å². The van der Waals surface area contributed by atoms with Crippen LogP contribution in [0.25, 0.3) is 0 Å². The number of hydrogen-bond acceptors (Lipinski definition) is 5. The molecular formula is C18H26N4O3. The number of hydrogen-bond donors (Lipinski definition) is 1. The van der Waals surface area contributed by atoms with E-state index in [2.05, 4.69) is 21.5 Å². The fourth-order valence-electron chi connectivity index (χ4n) is 4.39. The molecule has 1 atom stereocenters. The second-order valence-corrected chi connectivity index (χ2v) is 7.20. The van der Waals surface area contributed by atoms with Gasteiger partial charge in [0.2, 0.25) is 0 Å². The third kappa shape index (κ3) is 3.12. The van der Waals surface area contributed by atoms with Gasteiger partial charge in [-0.25, -0.2) is 4.79 Å². The molecule has 0 spiro atoms. The van der Waals surface area contributed by atoms with Gasteiger partial charge in [0.25, 0.3) is 0 Å². The number of fused-ring (bicyclic) bond motifs is 1. The van der Waals surface area contributed by atoms with E-state index in [4.69, 9.17) is 4.74 Å². The summed E-state index contributed by atoms with van der Waals surface area (Å²) in [6.45, 7) is 10.2. The molecule has 1 unspecified atom stereocenters. The van der Waals surface area contributed by atoms with E-state index in [0.29, 0.717) is 18.6 Å². The highest BCUT2D eigenvalue weighted by molar-refractivity contribution is 5.87. The molecule has 2 fully saturated rings. The lowest BCUT2D eigenvalue weighted by atomic mass is 9.88. The van der Waals surface area contributed by atoms with Crippen molar-refractivity contribution in [2.75, 3.05) is 39.4 Å². The van der Waals surface area contributed by atoms with Gasteiger partial charge in [0.05, 0.1) is 19.8 Å². The summed E-state index contributed by atoms with van der Waals surface area (Å²) >= 11 is 0. The molecule has 3 heterocycles. The molecule has 0 aromatic carbocycles. The van der Waals surface area contributed by atoms with E-state index in [1.165, 1.54) is 0 Å². The Morgan fingerprint density at radius 2 is 2.04 bits per heavy atom. The lowest BCUT2D eigenvalue weighted by molar-refractivity contribution is -0.0469. The molecule has 1 aromatic rings. The lowest BCUT2D eigenvalue weighted by Crippen LogP contribution is -2.64. The fourth-order valence-corrected chi connectivity index (χ4v) is 4.39. The monoisotopic (exact) mass is 346 g/mol. The van der Waals surface area contributed by atoms with Gasteiger partial charge in [-0.05, 0) is 19.3 Å². The number of rotatable bonds is 5. The summed E-state index contributed by atoms with van der Waals surface area (Å²) in [7, 11) is 0. The zero-order valence-corrected chi connectivity index (χ0v) is 14.6. The molecule has 0 bridgehead atoms. The Hall–Kier alpha value is -1.70. The quantitative estimate of drug-likeness (QED) is 0.789. The van der Waals surface area contributed by atoms with Crippen LogP contribution in [0, 0.1) is 0 Å². The first-order valence-corrected chi connectivity index (χ1v) is 9.16. The normalized spacial score (nSPS) is 25.4. The maximum absolute atomic E-state index is 11.6. The van der Waals surface area contributed by atoms with Crippen molar-refractivity contribution in [2.24, 2.45) is 0 Å². The minimum absolute atomic E-state index is 0.229. The highest BCUT2D eigenvalue weighted by Crippen LogP contribution is 2.31. The summed E-state index contributed by atoms with van der Waals surface area (Å²) in [6.07, 6.45) is 4.54. The smallest absolute Gasteiger partial charge is 0.356 e. The van der Waals surface area contributed by atoms with E-state index in [0.717, 1.165) is 69.9 Å². The van der Waals surface area contributed by atoms with Crippen molar-refractivity contribution < 1.29 is 14.6 Å². The zero-order valence-electron chi connectivity index (χ0n) is 14.6. The molecule has 1 N–H and O–H groups in total. The summed E-state index contributed by atoms with van der Waals surface area (Å²) in [5, 5.41) is 13.8. The minimum atomic E-state index is -0.922. The van der Waals surface area contributed by atoms with E-state index < -0.39 is 5.97 Å². The van der Waals surface area contributed by atoms with Crippen LogP contribution in [0.4, 0.5) is 0 Å². The number of carboxylic acids is 1. The highest BCUT2D eigenvalue weighted by Gasteiger charge is 2.39. The number of likely N-dealkylation sites (tertiary alicyclic amines) is 1. The van der Waals surface area contributed by atoms with E-state index in [1.807, 2.05) is 4.68 Å². The Labute approximate surface area is 147 Å². The molecule has 25 heavy (non-hydrogen) atoms. The summed E-state index contributed by atoms with van der Waals surface area (Å²) in [6, 6.07) is 1.07. The van der Waals surface area contributed by atoms with Crippen LogP contribution in [-0.4, -0.2) is 82.1 Å². The van der Waals surface area contributed by atoms with Crippen LogP contribution in [0.1, 0.15) is 28.2 Å². The lowest BCUT2D eigenvalue weighted by Gasteiger charge is -2.50. The Balaban J connectivity index is 1.43. The number of aromatic nitrogens is 2. The number of morpholine rings is 1. The maximum Gasteiger partial charge on any atom is 0.356 e. The second kappa shape index (κ2) is 6.90. The van der Waals surface area contributed by atoms with Crippen LogP contribution >= 0.6 is 0 Å². The van der Waals surface area contributed by atoms with Crippen molar-refractivity contribution in [1.29, 1.82) is 0 Å². The Morgan fingerprint density at radius 3 is 2.72 bits per heavy atom. The van der Waals surface area contributed by atoms with Gasteiger partial charge >= 0.3 is 5.97 Å². The van der Waals surface area contributed by atoms with Gasteiger partial charge in [0, 0.05) is 49.5 Å². The summed E-state index contributed by atoms with van der Waals surface area (Å²) in [5.74, 6) is -0.922. The number of ether oxygens (including phenoxy) is 1. The largest absolute Gasteiger partial charge is 0.476 e. The van der Waals surface area contributed by atoms with Crippen molar-refractivity contribution in [2.45, 2.75) is 37.9 Å². The second-order valence-electron chi connectivity index (χ2n) is 7.20. The van der Waals surface area contributed by atoms with E-state index >= 15 is 0 Å². The number of carbonyl (C=O) groups is 1. The van der Waals surface area contributed by atoms with Crippen LogP contribution < -0.4 is 0 Å². The van der Waals surface area contributed by atoms with Gasteiger partial charge in [0.15, 0.2) is 5.69 Å². The number of carboxylic acid groups (broad SMARTS) is 1. The average molecular weight is 346 g/mol.